The third-order valence-electron chi connectivity index (χ3n) is 3.26. The highest BCUT2D eigenvalue weighted by molar-refractivity contribution is 9.11. The SMILES string of the molecule is O=C1NC(=O)/C(=C/c2cc(Br)c(OCc3ccc(F)cc3)c(Br)c2)S1. The van der Waals surface area contributed by atoms with Crippen LogP contribution in [0, 0.1) is 5.82 Å². The van der Waals surface area contributed by atoms with Gasteiger partial charge >= 0.3 is 0 Å². The summed E-state index contributed by atoms with van der Waals surface area (Å²) in [7, 11) is 0. The smallest absolute Gasteiger partial charge is 0.290 e. The van der Waals surface area contributed by atoms with Crippen LogP contribution in [0.2, 0.25) is 0 Å². The highest BCUT2D eigenvalue weighted by Gasteiger charge is 2.25. The van der Waals surface area contributed by atoms with E-state index in [0.717, 1.165) is 22.9 Å². The molecule has 2 amide bonds. The molecule has 0 aromatic heterocycles. The summed E-state index contributed by atoms with van der Waals surface area (Å²) in [6.07, 6.45) is 1.63. The Hall–Kier alpha value is -1.64. The topological polar surface area (TPSA) is 55.4 Å². The molecular weight excluding hydrogens is 477 g/mol. The Kier molecular flexibility index (Phi) is 5.61. The van der Waals surface area contributed by atoms with Crippen molar-refractivity contribution in [3.63, 3.8) is 0 Å². The van der Waals surface area contributed by atoms with Gasteiger partial charge in [-0.1, -0.05) is 12.1 Å². The summed E-state index contributed by atoms with van der Waals surface area (Å²) in [5.41, 5.74) is 1.57. The van der Waals surface area contributed by atoms with Crippen LogP contribution in [0.15, 0.2) is 50.2 Å². The molecule has 4 nitrogen and oxygen atoms in total. The van der Waals surface area contributed by atoms with Crippen LogP contribution in [0.4, 0.5) is 9.18 Å². The molecule has 128 valence electrons. The van der Waals surface area contributed by atoms with Crippen LogP contribution in [-0.4, -0.2) is 11.1 Å². The maximum Gasteiger partial charge on any atom is 0.290 e. The first-order valence-corrected chi connectivity index (χ1v) is 9.44. The number of carbonyl (C=O) groups excluding carboxylic acids is 2. The van der Waals surface area contributed by atoms with Crippen molar-refractivity contribution in [2.24, 2.45) is 0 Å². The predicted molar refractivity (Wildman–Crippen MR) is 102 cm³/mol. The van der Waals surface area contributed by atoms with Crippen LogP contribution in [0.5, 0.6) is 5.75 Å². The van der Waals surface area contributed by atoms with Gasteiger partial charge in [0.1, 0.15) is 18.2 Å². The van der Waals surface area contributed by atoms with Crippen molar-refractivity contribution < 1.29 is 18.7 Å². The molecule has 2 aromatic carbocycles. The Morgan fingerprint density at radius 2 is 1.76 bits per heavy atom. The largest absolute Gasteiger partial charge is 0.487 e. The summed E-state index contributed by atoms with van der Waals surface area (Å²) in [5.74, 6) is -0.110. The quantitative estimate of drug-likeness (QED) is 0.599. The van der Waals surface area contributed by atoms with Crippen molar-refractivity contribution in [3.8, 4) is 5.75 Å². The molecule has 3 rings (SSSR count). The Bertz CT molecular complexity index is 861. The number of amides is 2. The molecule has 1 N–H and O–H groups in total. The van der Waals surface area contributed by atoms with Gasteiger partial charge in [0, 0.05) is 0 Å². The summed E-state index contributed by atoms with van der Waals surface area (Å²) in [6, 6.07) is 9.64. The molecule has 0 spiro atoms. The summed E-state index contributed by atoms with van der Waals surface area (Å²) < 4.78 is 20.1. The van der Waals surface area contributed by atoms with Gasteiger partial charge in [0.15, 0.2) is 0 Å². The fraction of sp³-hybridized carbons (Fsp3) is 0.0588. The minimum absolute atomic E-state index is 0.282. The van der Waals surface area contributed by atoms with Crippen molar-refractivity contribution in [1.29, 1.82) is 0 Å². The highest BCUT2D eigenvalue weighted by Crippen LogP contribution is 2.37. The van der Waals surface area contributed by atoms with Crippen LogP contribution in [0.3, 0.4) is 0 Å². The minimum Gasteiger partial charge on any atom is -0.487 e. The van der Waals surface area contributed by atoms with E-state index in [4.69, 9.17) is 4.74 Å². The monoisotopic (exact) mass is 485 g/mol. The van der Waals surface area contributed by atoms with Gasteiger partial charge in [-0.05, 0) is 85.1 Å². The first kappa shape index (κ1) is 18.2. The van der Waals surface area contributed by atoms with Crippen molar-refractivity contribution >= 4 is 60.8 Å². The Labute approximate surface area is 164 Å². The van der Waals surface area contributed by atoms with Crippen molar-refractivity contribution in [1.82, 2.24) is 5.32 Å². The number of ether oxygens (including phenoxy) is 1. The zero-order valence-corrected chi connectivity index (χ0v) is 16.5. The lowest BCUT2D eigenvalue weighted by atomic mass is 10.2. The average Bonchev–Trinajstić information content (AvgIpc) is 2.86. The molecule has 0 aliphatic carbocycles. The number of benzene rings is 2. The van der Waals surface area contributed by atoms with Gasteiger partial charge in [0.2, 0.25) is 0 Å². The molecule has 0 unspecified atom stereocenters. The van der Waals surface area contributed by atoms with Crippen molar-refractivity contribution in [2.45, 2.75) is 6.61 Å². The van der Waals surface area contributed by atoms with Gasteiger partial charge < -0.3 is 4.74 Å². The van der Waals surface area contributed by atoms with Crippen LogP contribution >= 0.6 is 43.6 Å². The Morgan fingerprint density at radius 3 is 2.32 bits per heavy atom. The summed E-state index contributed by atoms with van der Waals surface area (Å²) in [4.78, 5) is 23.2. The summed E-state index contributed by atoms with van der Waals surface area (Å²) in [5, 5.41) is 1.83. The maximum atomic E-state index is 12.9. The summed E-state index contributed by atoms with van der Waals surface area (Å²) in [6.45, 7) is 0.282. The number of nitrogens with one attached hydrogen (secondary N) is 1. The lowest BCUT2D eigenvalue weighted by Gasteiger charge is -2.11. The zero-order valence-electron chi connectivity index (χ0n) is 12.5. The van der Waals surface area contributed by atoms with Gasteiger partial charge in [-0.3, -0.25) is 14.9 Å². The van der Waals surface area contributed by atoms with Crippen molar-refractivity contribution in [2.75, 3.05) is 0 Å². The molecule has 1 heterocycles. The second-order valence-electron chi connectivity index (χ2n) is 5.08. The molecule has 1 saturated heterocycles. The number of hydrogen-bond acceptors (Lipinski definition) is 4. The molecule has 0 radical (unpaired) electrons. The second kappa shape index (κ2) is 7.72. The third kappa shape index (κ3) is 4.50. The average molecular weight is 487 g/mol. The number of hydrogen-bond donors (Lipinski definition) is 1. The number of halogens is 3. The molecule has 0 bridgehead atoms. The number of rotatable bonds is 4. The number of thioether (sulfide) groups is 1. The van der Waals surface area contributed by atoms with Crippen molar-refractivity contribution in [3.05, 3.63) is 67.2 Å². The van der Waals surface area contributed by atoms with E-state index in [1.54, 1.807) is 30.3 Å². The lowest BCUT2D eigenvalue weighted by molar-refractivity contribution is -0.115. The van der Waals surface area contributed by atoms with Gasteiger partial charge in [0.25, 0.3) is 11.1 Å². The van der Waals surface area contributed by atoms with Crippen LogP contribution in [0.25, 0.3) is 6.08 Å². The van der Waals surface area contributed by atoms with E-state index in [-0.39, 0.29) is 17.7 Å². The van der Waals surface area contributed by atoms with E-state index >= 15 is 0 Å². The fourth-order valence-electron chi connectivity index (χ4n) is 2.11. The van der Waals surface area contributed by atoms with Gasteiger partial charge in [-0.25, -0.2) is 4.39 Å². The maximum absolute atomic E-state index is 12.9. The molecule has 8 heteroatoms. The second-order valence-corrected chi connectivity index (χ2v) is 7.80. The number of carbonyl (C=O) groups is 2. The van der Waals surface area contributed by atoms with Gasteiger partial charge in [0.05, 0.1) is 13.9 Å². The van der Waals surface area contributed by atoms with Crippen LogP contribution in [0.1, 0.15) is 11.1 Å². The Morgan fingerprint density at radius 1 is 1.12 bits per heavy atom. The zero-order chi connectivity index (χ0) is 18.0. The van der Waals surface area contributed by atoms with Gasteiger partial charge in [-0.2, -0.15) is 0 Å². The summed E-state index contributed by atoms with van der Waals surface area (Å²) >= 11 is 7.74. The number of imide groups is 1. The third-order valence-corrected chi connectivity index (χ3v) is 5.25. The normalized spacial score (nSPS) is 15.6. The highest BCUT2D eigenvalue weighted by atomic mass is 79.9. The standard InChI is InChI=1S/C17H10Br2FNO3S/c18-12-5-10(7-14-16(22)21-17(23)25-14)6-13(19)15(12)24-8-9-1-3-11(20)4-2-9/h1-7H,8H2,(H,21,22,23)/b14-7-. The molecule has 0 atom stereocenters. The molecule has 1 aliphatic rings. The first-order chi connectivity index (χ1) is 11.9. The molecule has 1 aliphatic heterocycles. The fourth-order valence-corrected chi connectivity index (χ4v) is 4.24. The van der Waals surface area contributed by atoms with E-state index in [9.17, 15) is 14.0 Å². The lowest BCUT2D eigenvalue weighted by Crippen LogP contribution is -2.17. The molecule has 0 saturated carbocycles. The van der Waals surface area contributed by atoms with E-state index in [0.29, 0.717) is 19.6 Å². The van der Waals surface area contributed by atoms with E-state index in [2.05, 4.69) is 37.2 Å². The molecule has 1 fully saturated rings. The van der Waals surface area contributed by atoms with Crippen LogP contribution in [-0.2, 0) is 11.4 Å². The van der Waals surface area contributed by atoms with E-state index < -0.39 is 5.91 Å². The van der Waals surface area contributed by atoms with E-state index in [1.165, 1.54) is 12.1 Å². The molecule has 2 aromatic rings. The molecule has 25 heavy (non-hydrogen) atoms. The predicted octanol–water partition coefficient (Wildman–Crippen LogP) is 5.25. The van der Waals surface area contributed by atoms with E-state index in [1.807, 2.05) is 0 Å². The Balaban J connectivity index is 1.78. The first-order valence-electron chi connectivity index (χ1n) is 7.03. The van der Waals surface area contributed by atoms with Crippen LogP contribution < -0.4 is 10.1 Å². The minimum atomic E-state index is -0.404. The van der Waals surface area contributed by atoms with Gasteiger partial charge in [-0.15, -0.1) is 0 Å². The molecular formula is C17H10Br2FNO3S.